The average Bonchev–Trinajstić information content (AvgIpc) is 2.61. The Bertz CT molecular complexity index is 782. The quantitative estimate of drug-likeness (QED) is 0.837. The summed E-state index contributed by atoms with van der Waals surface area (Å²) >= 11 is 5.89. The largest absolute Gasteiger partial charge is 0.356 e. The molecule has 0 amide bonds. The molecule has 1 saturated heterocycles. The van der Waals surface area contributed by atoms with E-state index in [9.17, 15) is 8.42 Å². The van der Waals surface area contributed by atoms with E-state index in [4.69, 9.17) is 11.6 Å². The van der Waals surface area contributed by atoms with Crippen molar-refractivity contribution in [3.05, 3.63) is 59.2 Å². The molecule has 0 bridgehead atoms. The number of nitrogens with one attached hydrogen (secondary N) is 1. The van der Waals surface area contributed by atoms with Crippen LogP contribution >= 0.6 is 11.6 Å². The van der Waals surface area contributed by atoms with E-state index in [1.54, 1.807) is 6.20 Å². The van der Waals surface area contributed by atoms with Gasteiger partial charge in [0.05, 0.1) is 10.8 Å². The summed E-state index contributed by atoms with van der Waals surface area (Å²) in [5, 5.41) is 0.617. The lowest BCUT2D eigenvalue weighted by molar-refractivity contribution is 0.409. The zero-order valence-electron chi connectivity index (χ0n) is 13.9. The molecule has 1 aliphatic rings. The summed E-state index contributed by atoms with van der Waals surface area (Å²) < 4.78 is 27.3. The molecule has 5 nitrogen and oxygen atoms in total. The molecule has 1 aliphatic heterocycles. The van der Waals surface area contributed by atoms with Crippen LogP contribution in [-0.4, -0.2) is 33.0 Å². The maximum Gasteiger partial charge on any atom is 0.215 e. The molecule has 0 saturated carbocycles. The van der Waals surface area contributed by atoms with Crippen molar-refractivity contribution in [2.45, 2.75) is 18.6 Å². The number of pyridine rings is 1. The van der Waals surface area contributed by atoms with Crippen molar-refractivity contribution in [3.63, 3.8) is 0 Å². The van der Waals surface area contributed by atoms with Gasteiger partial charge in [0.2, 0.25) is 10.0 Å². The minimum absolute atomic E-state index is 0.0169. The van der Waals surface area contributed by atoms with Crippen LogP contribution in [0.15, 0.2) is 48.7 Å². The van der Waals surface area contributed by atoms with Gasteiger partial charge in [0.15, 0.2) is 0 Å². The highest BCUT2D eigenvalue weighted by Crippen LogP contribution is 2.22. The molecule has 0 unspecified atom stereocenters. The molecule has 134 valence electrons. The second-order valence-electron chi connectivity index (χ2n) is 6.38. The lowest BCUT2D eigenvalue weighted by Gasteiger charge is -2.33. The van der Waals surface area contributed by atoms with Crippen LogP contribution in [0.5, 0.6) is 0 Å². The topological polar surface area (TPSA) is 62.3 Å². The molecule has 7 heteroatoms. The van der Waals surface area contributed by atoms with Crippen molar-refractivity contribution in [2.75, 3.05) is 24.5 Å². The van der Waals surface area contributed by atoms with E-state index in [-0.39, 0.29) is 11.7 Å². The van der Waals surface area contributed by atoms with E-state index >= 15 is 0 Å². The van der Waals surface area contributed by atoms with Gasteiger partial charge in [0.1, 0.15) is 5.82 Å². The third-order valence-electron chi connectivity index (χ3n) is 4.35. The Hall–Kier alpha value is -1.63. The Labute approximate surface area is 154 Å². The van der Waals surface area contributed by atoms with Gasteiger partial charge in [-0.2, -0.15) is 0 Å². The summed E-state index contributed by atoms with van der Waals surface area (Å²) in [5.74, 6) is 1.18. The standard InChI is InChI=1S/C18H22ClN3O2S/c19-17-8-9-18(20-12-17)22-10-4-7-16(13-22)11-21-25(23,24)14-15-5-2-1-3-6-15/h1-3,5-6,8-9,12,16,21H,4,7,10-11,13-14H2/t16-/m1/s1. The number of hydrogen-bond donors (Lipinski definition) is 1. The summed E-state index contributed by atoms with van der Waals surface area (Å²) in [4.78, 5) is 6.55. The Kier molecular flexibility index (Phi) is 5.93. The minimum Gasteiger partial charge on any atom is -0.356 e. The van der Waals surface area contributed by atoms with Gasteiger partial charge < -0.3 is 4.90 Å². The van der Waals surface area contributed by atoms with E-state index in [0.717, 1.165) is 37.3 Å². The van der Waals surface area contributed by atoms with Gasteiger partial charge in [-0.25, -0.2) is 18.1 Å². The van der Waals surface area contributed by atoms with Crippen molar-refractivity contribution < 1.29 is 8.42 Å². The van der Waals surface area contributed by atoms with Crippen molar-refractivity contribution in [1.29, 1.82) is 0 Å². The first-order chi connectivity index (χ1) is 12.0. The summed E-state index contributed by atoms with van der Waals surface area (Å²) in [6, 6.07) is 13.0. The average molecular weight is 380 g/mol. The van der Waals surface area contributed by atoms with Crippen LogP contribution in [-0.2, 0) is 15.8 Å². The van der Waals surface area contributed by atoms with Gasteiger partial charge in [-0.3, -0.25) is 0 Å². The lowest BCUT2D eigenvalue weighted by Crippen LogP contribution is -2.41. The number of nitrogens with zero attached hydrogens (tertiary/aromatic N) is 2. The van der Waals surface area contributed by atoms with Crippen molar-refractivity contribution >= 4 is 27.4 Å². The third kappa shape index (κ3) is 5.42. The highest BCUT2D eigenvalue weighted by molar-refractivity contribution is 7.88. The maximum absolute atomic E-state index is 12.3. The maximum atomic E-state index is 12.3. The Morgan fingerprint density at radius 1 is 1.20 bits per heavy atom. The summed E-state index contributed by atoms with van der Waals surface area (Å²) in [6.45, 7) is 2.18. The van der Waals surface area contributed by atoms with Gasteiger partial charge in [-0.1, -0.05) is 41.9 Å². The van der Waals surface area contributed by atoms with Gasteiger partial charge in [0.25, 0.3) is 0 Å². The molecule has 0 radical (unpaired) electrons. The van der Waals surface area contributed by atoms with E-state index < -0.39 is 10.0 Å². The Balaban J connectivity index is 1.55. The van der Waals surface area contributed by atoms with Crippen LogP contribution in [0.25, 0.3) is 0 Å². The number of benzene rings is 1. The molecule has 1 fully saturated rings. The fourth-order valence-electron chi connectivity index (χ4n) is 3.08. The first kappa shape index (κ1) is 18.2. The van der Waals surface area contributed by atoms with Crippen LogP contribution in [0, 0.1) is 5.92 Å². The van der Waals surface area contributed by atoms with Crippen LogP contribution in [0.2, 0.25) is 5.02 Å². The fourth-order valence-corrected chi connectivity index (χ4v) is 4.42. The molecule has 1 aromatic carbocycles. The molecule has 25 heavy (non-hydrogen) atoms. The predicted octanol–water partition coefficient (Wildman–Crippen LogP) is 3.07. The molecule has 2 heterocycles. The van der Waals surface area contributed by atoms with Crippen molar-refractivity contribution in [2.24, 2.45) is 5.92 Å². The Morgan fingerprint density at radius 3 is 2.72 bits per heavy atom. The summed E-state index contributed by atoms with van der Waals surface area (Å²) in [5.41, 5.74) is 0.797. The van der Waals surface area contributed by atoms with Crippen LogP contribution in [0.3, 0.4) is 0 Å². The smallest absolute Gasteiger partial charge is 0.215 e. The highest BCUT2D eigenvalue weighted by atomic mass is 35.5. The van der Waals surface area contributed by atoms with Gasteiger partial charge in [-0.15, -0.1) is 0 Å². The number of anilines is 1. The van der Waals surface area contributed by atoms with E-state index in [1.165, 1.54) is 0 Å². The number of piperidine rings is 1. The third-order valence-corrected chi connectivity index (χ3v) is 5.89. The normalized spacial score (nSPS) is 18.3. The van der Waals surface area contributed by atoms with E-state index in [0.29, 0.717) is 11.6 Å². The predicted molar refractivity (Wildman–Crippen MR) is 101 cm³/mol. The Morgan fingerprint density at radius 2 is 2.00 bits per heavy atom. The van der Waals surface area contributed by atoms with Crippen LogP contribution in [0.1, 0.15) is 18.4 Å². The molecule has 1 N–H and O–H groups in total. The molecule has 0 aliphatic carbocycles. The second-order valence-corrected chi connectivity index (χ2v) is 8.63. The van der Waals surface area contributed by atoms with E-state index in [2.05, 4.69) is 14.6 Å². The number of hydrogen-bond acceptors (Lipinski definition) is 4. The monoisotopic (exact) mass is 379 g/mol. The minimum atomic E-state index is -3.32. The lowest BCUT2D eigenvalue weighted by atomic mass is 9.98. The zero-order chi connectivity index (χ0) is 17.7. The molecule has 1 aromatic heterocycles. The van der Waals surface area contributed by atoms with Gasteiger partial charge in [-0.05, 0) is 36.5 Å². The van der Waals surface area contributed by atoms with Crippen molar-refractivity contribution in [3.8, 4) is 0 Å². The fraction of sp³-hybridized carbons (Fsp3) is 0.389. The molecule has 0 spiro atoms. The van der Waals surface area contributed by atoms with Crippen molar-refractivity contribution in [1.82, 2.24) is 9.71 Å². The number of halogens is 1. The van der Waals surface area contributed by atoms with E-state index in [1.807, 2.05) is 42.5 Å². The van der Waals surface area contributed by atoms with Crippen LogP contribution in [0.4, 0.5) is 5.82 Å². The first-order valence-corrected chi connectivity index (χ1v) is 10.4. The summed E-state index contributed by atoms with van der Waals surface area (Å²) in [7, 11) is -3.32. The molecule has 3 rings (SSSR count). The summed E-state index contributed by atoms with van der Waals surface area (Å²) in [6.07, 6.45) is 3.68. The SMILES string of the molecule is O=S(=O)(Cc1ccccc1)NC[C@H]1CCCN(c2ccc(Cl)cn2)C1. The number of sulfonamides is 1. The number of aromatic nitrogens is 1. The molecule has 2 aromatic rings. The zero-order valence-corrected chi connectivity index (χ0v) is 15.5. The highest BCUT2D eigenvalue weighted by Gasteiger charge is 2.22. The van der Waals surface area contributed by atoms with Crippen LogP contribution < -0.4 is 9.62 Å². The first-order valence-electron chi connectivity index (χ1n) is 8.39. The molecular weight excluding hydrogens is 358 g/mol. The molecule has 1 atom stereocenters. The number of rotatable bonds is 6. The molecular formula is C18H22ClN3O2S. The second kappa shape index (κ2) is 8.17. The van der Waals surface area contributed by atoms with Gasteiger partial charge in [0, 0.05) is 25.8 Å². The van der Waals surface area contributed by atoms with Gasteiger partial charge >= 0.3 is 0 Å².